The van der Waals surface area contributed by atoms with E-state index in [2.05, 4.69) is 4.99 Å². The molecule has 0 spiro atoms. The van der Waals surface area contributed by atoms with Crippen LogP contribution in [-0.4, -0.2) is 22.7 Å². The number of nitrogens with zero attached hydrogens (tertiary/aromatic N) is 2. The summed E-state index contributed by atoms with van der Waals surface area (Å²) in [4.78, 5) is 5.49. The van der Waals surface area contributed by atoms with Crippen molar-refractivity contribution < 1.29 is 0 Å². The lowest BCUT2D eigenvalue weighted by Gasteiger charge is -2.22. The van der Waals surface area contributed by atoms with Gasteiger partial charge in [0.05, 0.1) is 5.70 Å². The fraction of sp³-hybridized carbons (Fsp3) is 0.400. The first-order valence-electron chi connectivity index (χ1n) is 2.68. The van der Waals surface area contributed by atoms with Gasteiger partial charge in [0.25, 0.3) is 0 Å². The van der Waals surface area contributed by atoms with Crippen molar-refractivity contribution in [2.75, 3.05) is 7.05 Å². The molecule has 1 aliphatic heterocycles. The maximum absolute atomic E-state index is 5.68. The van der Waals surface area contributed by atoms with Crippen molar-refractivity contribution in [1.82, 2.24) is 4.90 Å². The second-order valence-electron chi connectivity index (χ2n) is 1.98. The molecule has 0 aromatic carbocycles. The number of aliphatic imine (C=N–C) groups is 1. The highest BCUT2D eigenvalue weighted by Gasteiger charge is 2.14. The Labute approximate surface area is 69.1 Å². The molecular weight excluding hydrogens is 173 g/mol. The Morgan fingerprint density at radius 2 is 2.40 bits per heavy atom. The van der Waals surface area contributed by atoms with Crippen LogP contribution in [0.15, 0.2) is 16.9 Å². The normalized spacial score (nSPS) is 25.9. The molecule has 0 radical (unpaired) electrons. The van der Waals surface area contributed by atoms with E-state index in [1.165, 1.54) is 0 Å². The Morgan fingerprint density at radius 3 is 2.90 bits per heavy atom. The van der Waals surface area contributed by atoms with Crippen LogP contribution < -0.4 is 5.73 Å². The van der Waals surface area contributed by atoms with Crippen LogP contribution in [-0.2, 0) is 0 Å². The molecule has 0 aliphatic carbocycles. The van der Waals surface area contributed by atoms with Gasteiger partial charge in [-0.25, -0.2) is 4.99 Å². The number of allylic oxidation sites excluding steroid dienone is 1. The molecular formula is C5H7Cl2N3. The zero-order valence-electron chi connectivity index (χ0n) is 5.38. The maximum Gasteiger partial charge on any atom is 0.198 e. The molecule has 1 atom stereocenters. The Hall–Kier alpha value is -0.410. The van der Waals surface area contributed by atoms with Crippen LogP contribution >= 0.6 is 23.2 Å². The van der Waals surface area contributed by atoms with Crippen molar-refractivity contribution >= 4 is 28.4 Å². The number of hydrogen-bond acceptors (Lipinski definition) is 3. The minimum atomic E-state index is -0.431. The molecule has 0 saturated carbocycles. The number of alkyl halides is 1. The van der Waals surface area contributed by atoms with Crippen molar-refractivity contribution in [3.05, 3.63) is 11.9 Å². The molecule has 0 amide bonds. The lowest BCUT2D eigenvalue weighted by atomic mass is 10.4. The Bertz CT molecular complexity index is 177. The van der Waals surface area contributed by atoms with E-state index in [1.807, 2.05) is 0 Å². The van der Waals surface area contributed by atoms with Crippen LogP contribution in [0.3, 0.4) is 0 Å². The topological polar surface area (TPSA) is 41.6 Å². The molecule has 0 aromatic rings. The second-order valence-corrected chi connectivity index (χ2v) is 2.73. The van der Waals surface area contributed by atoms with E-state index in [4.69, 9.17) is 28.9 Å². The smallest absolute Gasteiger partial charge is 0.198 e. The molecule has 2 N–H and O–H groups in total. The Morgan fingerprint density at radius 1 is 1.80 bits per heavy atom. The molecule has 56 valence electrons. The number of rotatable bonds is 0. The molecule has 3 nitrogen and oxygen atoms in total. The minimum absolute atomic E-state index is 0.276. The van der Waals surface area contributed by atoms with Crippen LogP contribution in [0.2, 0.25) is 0 Å². The molecule has 0 saturated heterocycles. The summed E-state index contributed by atoms with van der Waals surface area (Å²) < 4.78 is 0. The van der Waals surface area contributed by atoms with E-state index in [1.54, 1.807) is 18.1 Å². The van der Waals surface area contributed by atoms with E-state index in [0.29, 0.717) is 5.70 Å². The summed E-state index contributed by atoms with van der Waals surface area (Å²) in [5.74, 6) is 0. The summed E-state index contributed by atoms with van der Waals surface area (Å²) in [7, 11) is 1.78. The minimum Gasteiger partial charge on any atom is -0.395 e. The number of nitrogens with two attached hydrogens (primary N) is 1. The predicted octanol–water partition coefficient (Wildman–Crippen LogP) is 0.892. The average Bonchev–Trinajstić information content (AvgIpc) is 1.84. The average molecular weight is 180 g/mol. The third-order valence-corrected chi connectivity index (χ3v) is 1.86. The summed E-state index contributed by atoms with van der Waals surface area (Å²) in [6.45, 7) is 0. The van der Waals surface area contributed by atoms with Gasteiger partial charge in [-0.05, 0) is 0 Å². The first-order valence-corrected chi connectivity index (χ1v) is 3.49. The standard InChI is InChI=1S/C5H7Cl2N3/c1-10-2-3(8)4(6)9-5(10)7/h2,5H,8H2,1H3. The van der Waals surface area contributed by atoms with Crippen LogP contribution in [0.1, 0.15) is 0 Å². The number of hydrogen-bond donors (Lipinski definition) is 1. The first kappa shape index (κ1) is 7.69. The largest absolute Gasteiger partial charge is 0.395 e. The van der Waals surface area contributed by atoms with Crippen LogP contribution in [0.25, 0.3) is 0 Å². The van der Waals surface area contributed by atoms with Gasteiger partial charge in [0.1, 0.15) is 0 Å². The van der Waals surface area contributed by atoms with Crippen molar-refractivity contribution in [3.63, 3.8) is 0 Å². The monoisotopic (exact) mass is 179 g/mol. The van der Waals surface area contributed by atoms with Crippen molar-refractivity contribution in [2.24, 2.45) is 10.7 Å². The summed E-state index contributed by atoms with van der Waals surface area (Å²) in [6, 6.07) is 0. The van der Waals surface area contributed by atoms with Crippen molar-refractivity contribution in [2.45, 2.75) is 5.62 Å². The van der Waals surface area contributed by atoms with E-state index in [-0.39, 0.29) is 5.17 Å². The highest BCUT2D eigenvalue weighted by molar-refractivity contribution is 6.69. The fourth-order valence-corrected chi connectivity index (χ4v) is 0.938. The van der Waals surface area contributed by atoms with Gasteiger partial charge in [0, 0.05) is 13.2 Å². The second kappa shape index (κ2) is 2.68. The molecule has 10 heavy (non-hydrogen) atoms. The molecule has 0 bridgehead atoms. The lowest BCUT2D eigenvalue weighted by Crippen LogP contribution is -2.28. The van der Waals surface area contributed by atoms with Gasteiger partial charge < -0.3 is 10.6 Å². The van der Waals surface area contributed by atoms with Gasteiger partial charge in [-0.15, -0.1) is 0 Å². The molecule has 0 fully saturated rings. The molecule has 1 rings (SSSR count). The van der Waals surface area contributed by atoms with Crippen LogP contribution in [0, 0.1) is 0 Å². The lowest BCUT2D eigenvalue weighted by molar-refractivity contribution is 0.423. The van der Waals surface area contributed by atoms with E-state index in [9.17, 15) is 0 Å². The van der Waals surface area contributed by atoms with Crippen LogP contribution in [0.5, 0.6) is 0 Å². The van der Waals surface area contributed by atoms with Gasteiger partial charge in [0.2, 0.25) is 0 Å². The summed E-state index contributed by atoms with van der Waals surface area (Å²) in [5, 5.41) is 0.276. The molecule has 1 heterocycles. The third kappa shape index (κ3) is 1.36. The molecule has 1 unspecified atom stereocenters. The zero-order chi connectivity index (χ0) is 7.72. The number of halogens is 2. The summed E-state index contributed by atoms with van der Waals surface area (Å²) in [5.41, 5.74) is 5.44. The predicted molar refractivity (Wildman–Crippen MR) is 43.0 cm³/mol. The fourth-order valence-electron chi connectivity index (χ4n) is 0.593. The summed E-state index contributed by atoms with van der Waals surface area (Å²) >= 11 is 11.3. The highest BCUT2D eigenvalue weighted by atomic mass is 35.5. The summed E-state index contributed by atoms with van der Waals surface area (Å²) in [6.07, 6.45) is 1.65. The van der Waals surface area contributed by atoms with Gasteiger partial charge in [-0.1, -0.05) is 23.2 Å². The van der Waals surface area contributed by atoms with E-state index >= 15 is 0 Å². The Balaban J connectivity index is 2.83. The first-order chi connectivity index (χ1) is 4.61. The molecule has 1 aliphatic rings. The SMILES string of the molecule is CN1C=C(N)C(Cl)=NC1Cl. The zero-order valence-corrected chi connectivity index (χ0v) is 6.89. The van der Waals surface area contributed by atoms with Crippen molar-refractivity contribution in [1.29, 1.82) is 0 Å². The molecule has 5 heteroatoms. The van der Waals surface area contributed by atoms with Crippen LogP contribution in [0.4, 0.5) is 0 Å². The Kier molecular flexibility index (Phi) is 2.06. The third-order valence-electron chi connectivity index (χ3n) is 1.14. The highest BCUT2D eigenvalue weighted by Crippen LogP contribution is 2.14. The van der Waals surface area contributed by atoms with Crippen molar-refractivity contribution in [3.8, 4) is 0 Å². The van der Waals surface area contributed by atoms with Gasteiger partial charge in [-0.2, -0.15) is 0 Å². The quantitative estimate of drug-likeness (QED) is 0.444. The van der Waals surface area contributed by atoms with E-state index < -0.39 is 5.62 Å². The van der Waals surface area contributed by atoms with E-state index in [0.717, 1.165) is 0 Å². The molecule has 0 aromatic heterocycles. The maximum atomic E-state index is 5.68. The van der Waals surface area contributed by atoms with Gasteiger partial charge >= 0.3 is 0 Å². The van der Waals surface area contributed by atoms with Gasteiger partial charge in [0.15, 0.2) is 10.8 Å². The van der Waals surface area contributed by atoms with Gasteiger partial charge in [-0.3, -0.25) is 0 Å².